The van der Waals surface area contributed by atoms with E-state index in [0.717, 1.165) is 38.4 Å². The summed E-state index contributed by atoms with van der Waals surface area (Å²) in [5.74, 6) is 0.367. The number of rotatable bonds is 3. The molecule has 1 saturated heterocycles. The standard InChI is InChI=1S/C22H21Br2NO/c23-16-9-10-17-15(14-16)8-11-20(26)21(17)22(25-12-4-1-5-13-25)18-6-2-3-7-19(18)24/h2-3,6-11,14,22,26H,1,4-5,12-13H2. The lowest BCUT2D eigenvalue weighted by Crippen LogP contribution is -2.34. The molecular weight excluding hydrogens is 454 g/mol. The van der Waals surface area contributed by atoms with Gasteiger partial charge in [-0.3, -0.25) is 4.90 Å². The van der Waals surface area contributed by atoms with Gasteiger partial charge in [-0.15, -0.1) is 0 Å². The summed E-state index contributed by atoms with van der Waals surface area (Å²) >= 11 is 7.31. The minimum atomic E-state index is 0.0377. The minimum absolute atomic E-state index is 0.0377. The Morgan fingerprint density at radius 2 is 1.65 bits per heavy atom. The van der Waals surface area contributed by atoms with E-state index in [1.54, 1.807) is 0 Å². The van der Waals surface area contributed by atoms with Crippen LogP contribution in [0, 0.1) is 0 Å². The van der Waals surface area contributed by atoms with Gasteiger partial charge in [0.25, 0.3) is 0 Å². The molecule has 4 rings (SSSR count). The van der Waals surface area contributed by atoms with Gasteiger partial charge < -0.3 is 5.11 Å². The number of halogens is 2. The quantitative estimate of drug-likeness (QED) is 0.459. The molecule has 3 aromatic rings. The number of hydrogen-bond acceptors (Lipinski definition) is 2. The van der Waals surface area contributed by atoms with Gasteiger partial charge in [0.15, 0.2) is 0 Å². The highest BCUT2D eigenvalue weighted by Gasteiger charge is 2.29. The molecule has 1 atom stereocenters. The fourth-order valence-electron chi connectivity index (χ4n) is 4.01. The third-order valence-corrected chi connectivity index (χ3v) is 6.44. The second-order valence-electron chi connectivity index (χ2n) is 6.88. The summed E-state index contributed by atoms with van der Waals surface area (Å²) in [6.45, 7) is 2.11. The van der Waals surface area contributed by atoms with Crippen molar-refractivity contribution >= 4 is 42.6 Å². The van der Waals surface area contributed by atoms with E-state index >= 15 is 0 Å². The molecule has 0 amide bonds. The van der Waals surface area contributed by atoms with E-state index in [1.165, 1.54) is 24.8 Å². The summed E-state index contributed by atoms with van der Waals surface area (Å²) in [5, 5.41) is 13.1. The SMILES string of the molecule is Oc1ccc2cc(Br)ccc2c1C(c1ccccc1Br)N1CCCCC1. The Morgan fingerprint density at radius 3 is 2.42 bits per heavy atom. The molecule has 4 heteroatoms. The zero-order chi connectivity index (χ0) is 18.1. The van der Waals surface area contributed by atoms with Gasteiger partial charge in [0.1, 0.15) is 5.75 Å². The predicted molar refractivity (Wildman–Crippen MR) is 115 cm³/mol. The van der Waals surface area contributed by atoms with Crippen LogP contribution in [0.3, 0.4) is 0 Å². The van der Waals surface area contributed by atoms with Crippen LogP contribution >= 0.6 is 31.9 Å². The van der Waals surface area contributed by atoms with Crippen LogP contribution in [0.1, 0.15) is 36.4 Å². The van der Waals surface area contributed by atoms with E-state index in [-0.39, 0.29) is 6.04 Å². The second-order valence-corrected chi connectivity index (χ2v) is 8.65. The van der Waals surface area contributed by atoms with Crippen molar-refractivity contribution in [3.8, 4) is 5.75 Å². The molecule has 1 aliphatic rings. The molecule has 0 aliphatic carbocycles. The molecular formula is C22H21Br2NO. The average molecular weight is 475 g/mol. The Hall–Kier alpha value is -1.36. The fraction of sp³-hybridized carbons (Fsp3) is 0.273. The van der Waals surface area contributed by atoms with Crippen LogP contribution in [0.2, 0.25) is 0 Å². The highest BCUT2D eigenvalue weighted by molar-refractivity contribution is 9.10. The van der Waals surface area contributed by atoms with Crippen molar-refractivity contribution in [1.29, 1.82) is 0 Å². The van der Waals surface area contributed by atoms with Crippen molar-refractivity contribution in [3.05, 3.63) is 74.7 Å². The van der Waals surface area contributed by atoms with Gasteiger partial charge in [0, 0.05) is 14.5 Å². The molecule has 1 N–H and O–H groups in total. The topological polar surface area (TPSA) is 23.5 Å². The Bertz CT molecular complexity index is 935. The maximum Gasteiger partial charge on any atom is 0.121 e. The summed E-state index contributed by atoms with van der Waals surface area (Å²) < 4.78 is 2.14. The van der Waals surface area contributed by atoms with Crippen LogP contribution in [-0.2, 0) is 0 Å². The number of phenols is 1. The Morgan fingerprint density at radius 1 is 0.885 bits per heavy atom. The predicted octanol–water partition coefficient (Wildman–Crippen LogP) is 6.65. The van der Waals surface area contributed by atoms with Gasteiger partial charge in [-0.25, -0.2) is 0 Å². The average Bonchev–Trinajstić information content (AvgIpc) is 2.66. The summed E-state index contributed by atoms with van der Waals surface area (Å²) in [5.41, 5.74) is 2.21. The van der Waals surface area contributed by atoms with E-state index in [4.69, 9.17) is 0 Å². The van der Waals surface area contributed by atoms with E-state index in [2.05, 4.69) is 73.2 Å². The number of nitrogens with zero attached hydrogens (tertiary/aromatic N) is 1. The molecule has 0 radical (unpaired) electrons. The second kappa shape index (κ2) is 7.71. The zero-order valence-electron chi connectivity index (χ0n) is 14.5. The first-order valence-electron chi connectivity index (χ1n) is 9.05. The van der Waals surface area contributed by atoms with Crippen LogP contribution in [0.15, 0.2) is 63.5 Å². The molecule has 1 unspecified atom stereocenters. The third-order valence-electron chi connectivity index (χ3n) is 5.23. The van der Waals surface area contributed by atoms with Crippen LogP contribution in [0.25, 0.3) is 10.8 Å². The summed E-state index contributed by atoms with van der Waals surface area (Å²) in [6.07, 6.45) is 3.70. The number of hydrogen-bond donors (Lipinski definition) is 1. The van der Waals surface area contributed by atoms with Crippen molar-refractivity contribution in [1.82, 2.24) is 4.90 Å². The first-order chi connectivity index (χ1) is 12.6. The maximum atomic E-state index is 10.9. The summed E-state index contributed by atoms with van der Waals surface area (Å²) in [7, 11) is 0. The van der Waals surface area contributed by atoms with Crippen LogP contribution < -0.4 is 0 Å². The zero-order valence-corrected chi connectivity index (χ0v) is 17.6. The maximum absolute atomic E-state index is 10.9. The number of phenolic OH excluding ortho intramolecular Hbond substituents is 1. The van der Waals surface area contributed by atoms with Crippen molar-refractivity contribution in [2.75, 3.05) is 13.1 Å². The number of piperidine rings is 1. The monoisotopic (exact) mass is 473 g/mol. The van der Waals surface area contributed by atoms with Crippen LogP contribution in [0.4, 0.5) is 0 Å². The molecule has 1 heterocycles. The van der Waals surface area contributed by atoms with Crippen molar-refractivity contribution in [3.63, 3.8) is 0 Å². The molecule has 0 bridgehead atoms. The lowest BCUT2D eigenvalue weighted by atomic mass is 9.90. The lowest BCUT2D eigenvalue weighted by molar-refractivity contribution is 0.185. The van der Waals surface area contributed by atoms with Crippen LogP contribution in [-0.4, -0.2) is 23.1 Å². The van der Waals surface area contributed by atoms with E-state index < -0.39 is 0 Å². The van der Waals surface area contributed by atoms with Gasteiger partial charge in [-0.2, -0.15) is 0 Å². The smallest absolute Gasteiger partial charge is 0.121 e. The number of likely N-dealkylation sites (tertiary alicyclic amines) is 1. The summed E-state index contributed by atoms with van der Waals surface area (Å²) in [4.78, 5) is 2.51. The molecule has 0 aromatic heterocycles. The highest BCUT2D eigenvalue weighted by Crippen LogP contribution is 2.42. The van der Waals surface area contributed by atoms with Gasteiger partial charge in [-0.05, 0) is 66.5 Å². The minimum Gasteiger partial charge on any atom is -0.508 e. The van der Waals surface area contributed by atoms with Crippen molar-refractivity contribution in [2.24, 2.45) is 0 Å². The molecule has 26 heavy (non-hydrogen) atoms. The third kappa shape index (κ3) is 3.42. The first-order valence-corrected chi connectivity index (χ1v) is 10.6. The van der Waals surface area contributed by atoms with Crippen molar-refractivity contribution < 1.29 is 5.11 Å². The molecule has 134 valence electrons. The number of aromatic hydroxyl groups is 1. The molecule has 1 fully saturated rings. The Balaban J connectivity index is 1.96. The lowest BCUT2D eigenvalue weighted by Gasteiger charge is -2.36. The largest absolute Gasteiger partial charge is 0.508 e. The van der Waals surface area contributed by atoms with Crippen LogP contribution in [0.5, 0.6) is 5.75 Å². The molecule has 2 nitrogen and oxygen atoms in total. The van der Waals surface area contributed by atoms with E-state index in [1.807, 2.05) is 18.2 Å². The van der Waals surface area contributed by atoms with Crippen molar-refractivity contribution in [2.45, 2.75) is 25.3 Å². The summed E-state index contributed by atoms with van der Waals surface area (Å²) in [6, 6.07) is 18.5. The van der Waals surface area contributed by atoms with E-state index in [0.29, 0.717) is 5.75 Å². The number of fused-ring (bicyclic) bond motifs is 1. The molecule has 1 aliphatic heterocycles. The molecule has 0 spiro atoms. The highest BCUT2D eigenvalue weighted by atomic mass is 79.9. The number of benzene rings is 3. The van der Waals surface area contributed by atoms with Gasteiger partial charge in [-0.1, -0.05) is 68.6 Å². The Labute approximate surface area is 171 Å². The fourth-order valence-corrected chi connectivity index (χ4v) is 4.89. The molecule has 3 aromatic carbocycles. The first kappa shape index (κ1) is 18.0. The van der Waals surface area contributed by atoms with Gasteiger partial charge in [0.05, 0.1) is 6.04 Å². The van der Waals surface area contributed by atoms with Gasteiger partial charge in [0.2, 0.25) is 0 Å². The Kier molecular flexibility index (Phi) is 5.35. The normalized spacial score (nSPS) is 16.7. The molecule has 0 saturated carbocycles. The van der Waals surface area contributed by atoms with E-state index in [9.17, 15) is 5.11 Å². The van der Waals surface area contributed by atoms with Gasteiger partial charge >= 0.3 is 0 Å².